The minimum absolute atomic E-state index is 0.140. The van der Waals surface area contributed by atoms with E-state index < -0.39 is 17.6 Å². The third-order valence-electron chi connectivity index (χ3n) is 5.13. The Kier molecular flexibility index (Phi) is 7.30. The van der Waals surface area contributed by atoms with Gasteiger partial charge in [0.05, 0.1) is 11.8 Å². The van der Waals surface area contributed by atoms with Crippen molar-refractivity contribution in [3.8, 4) is 11.3 Å². The van der Waals surface area contributed by atoms with Gasteiger partial charge >= 0.3 is 6.18 Å². The number of fused-ring (bicyclic) bond motifs is 1. The Morgan fingerprint density at radius 3 is 2.46 bits per heavy atom. The molecule has 2 heterocycles. The van der Waals surface area contributed by atoms with Gasteiger partial charge in [-0.25, -0.2) is 15.0 Å². The van der Waals surface area contributed by atoms with Gasteiger partial charge in [-0.3, -0.25) is 14.2 Å². The van der Waals surface area contributed by atoms with Gasteiger partial charge < -0.3 is 11.1 Å². The summed E-state index contributed by atoms with van der Waals surface area (Å²) >= 11 is 0. The lowest BCUT2D eigenvalue weighted by molar-refractivity contribution is -0.137. The van der Waals surface area contributed by atoms with E-state index in [4.69, 9.17) is 0 Å². The van der Waals surface area contributed by atoms with Crippen LogP contribution in [0, 0.1) is 13.8 Å². The predicted molar refractivity (Wildman–Crippen MR) is 127 cm³/mol. The monoisotopic (exact) mass is 484 g/mol. The maximum atomic E-state index is 13.0. The third-order valence-corrected chi connectivity index (χ3v) is 5.13. The molecule has 0 atom stereocenters. The fourth-order valence-electron chi connectivity index (χ4n) is 3.37. The van der Waals surface area contributed by atoms with Crippen LogP contribution in [-0.2, 0) is 13.2 Å². The molecule has 4 aromatic rings. The standard InChI is InChI=1S/C23H18F3N5O2.CH5N/c1-12-7-8-16(29-21(32)14-5-4-6-15(9-14)23(24,25)26)10-17(12)19-22(33)31(3)20-18(30-19)11-27-13(2)28-20;1-2/h4-11H,1-3H3,(H,29,32);2H2,1H3. The molecule has 11 heteroatoms. The van der Waals surface area contributed by atoms with Gasteiger partial charge in [-0.1, -0.05) is 12.1 Å². The van der Waals surface area contributed by atoms with E-state index in [1.807, 2.05) is 0 Å². The topological polar surface area (TPSA) is 116 Å². The highest BCUT2D eigenvalue weighted by molar-refractivity contribution is 6.04. The van der Waals surface area contributed by atoms with E-state index in [1.54, 1.807) is 39.1 Å². The lowest BCUT2D eigenvalue weighted by Crippen LogP contribution is -2.22. The van der Waals surface area contributed by atoms with Crippen molar-refractivity contribution in [2.24, 2.45) is 12.8 Å². The second-order valence-corrected chi connectivity index (χ2v) is 7.51. The number of hydrogen-bond donors (Lipinski definition) is 2. The van der Waals surface area contributed by atoms with Gasteiger partial charge in [0.15, 0.2) is 5.65 Å². The fraction of sp³-hybridized carbons (Fsp3) is 0.208. The average molecular weight is 484 g/mol. The highest BCUT2D eigenvalue weighted by atomic mass is 19.4. The predicted octanol–water partition coefficient (Wildman–Crippen LogP) is 3.85. The second kappa shape index (κ2) is 10.0. The SMILES string of the molecule is CN.Cc1ncc2nc(-c3cc(NC(=O)c4cccc(C(F)(F)F)c4)ccc3C)c(=O)n(C)c2n1. The molecular formula is C24H23F3N6O2. The molecule has 35 heavy (non-hydrogen) atoms. The van der Waals surface area contributed by atoms with Crippen molar-refractivity contribution >= 4 is 22.8 Å². The number of benzene rings is 2. The van der Waals surface area contributed by atoms with E-state index in [0.29, 0.717) is 28.2 Å². The van der Waals surface area contributed by atoms with Crippen molar-refractivity contribution in [2.75, 3.05) is 12.4 Å². The maximum Gasteiger partial charge on any atom is 0.416 e. The van der Waals surface area contributed by atoms with Gasteiger partial charge in [-0.15, -0.1) is 0 Å². The van der Waals surface area contributed by atoms with Gasteiger partial charge in [-0.05, 0) is 56.8 Å². The normalized spacial score (nSPS) is 11.1. The molecule has 2 aromatic carbocycles. The molecule has 1 amide bonds. The zero-order valence-corrected chi connectivity index (χ0v) is 19.4. The molecule has 0 spiro atoms. The summed E-state index contributed by atoms with van der Waals surface area (Å²) in [6.45, 7) is 3.49. The van der Waals surface area contributed by atoms with Crippen LogP contribution in [0.4, 0.5) is 18.9 Å². The quantitative estimate of drug-likeness (QED) is 0.456. The largest absolute Gasteiger partial charge is 0.416 e. The van der Waals surface area contributed by atoms with E-state index in [9.17, 15) is 22.8 Å². The Balaban J connectivity index is 0.00000167. The van der Waals surface area contributed by atoms with E-state index in [1.165, 1.54) is 29.9 Å². The number of rotatable bonds is 3. The van der Waals surface area contributed by atoms with Crippen LogP contribution in [0.25, 0.3) is 22.4 Å². The molecule has 0 saturated heterocycles. The lowest BCUT2D eigenvalue weighted by Gasteiger charge is -2.12. The average Bonchev–Trinajstić information content (AvgIpc) is 2.84. The van der Waals surface area contributed by atoms with Crippen LogP contribution in [0.5, 0.6) is 0 Å². The highest BCUT2D eigenvalue weighted by Gasteiger charge is 2.31. The molecule has 0 radical (unpaired) electrons. The highest BCUT2D eigenvalue weighted by Crippen LogP contribution is 2.30. The minimum Gasteiger partial charge on any atom is -0.333 e. The van der Waals surface area contributed by atoms with Crippen molar-refractivity contribution in [2.45, 2.75) is 20.0 Å². The Morgan fingerprint density at radius 2 is 1.77 bits per heavy atom. The van der Waals surface area contributed by atoms with E-state index >= 15 is 0 Å². The summed E-state index contributed by atoms with van der Waals surface area (Å²) in [7, 11) is 3.08. The van der Waals surface area contributed by atoms with Crippen LogP contribution in [-0.4, -0.2) is 32.5 Å². The first-order chi connectivity index (χ1) is 16.5. The Labute approximate surface area is 198 Å². The number of alkyl halides is 3. The molecule has 182 valence electrons. The van der Waals surface area contributed by atoms with Crippen LogP contribution < -0.4 is 16.6 Å². The number of nitrogens with zero attached hydrogens (tertiary/aromatic N) is 4. The number of aromatic nitrogens is 4. The molecule has 3 N–H and O–H groups in total. The number of hydrogen-bond acceptors (Lipinski definition) is 6. The van der Waals surface area contributed by atoms with Crippen molar-refractivity contribution in [3.05, 3.63) is 81.5 Å². The van der Waals surface area contributed by atoms with Crippen molar-refractivity contribution in [3.63, 3.8) is 0 Å². The number of carbonyl (C=O) groups excluding carboxylic acids is 1. The fourth-order valence-corrected chi connectivity index (χ4v) is 3.37. The number of amides is 1. The molecule has 0 aliphatic carbocycles. The van der Waals surface area contributed by atoms with E-state index in [-0.39, 0.29) is 16.8 Å². The molecule has 0 fully saturated rings. The number of carbonyl (C=O) groups is 1. The summed E-state index contributed by atoms with van der Waals surface area (Å²) in [4.78, 5) is 38.4. The first-order valence-electron chi connectivity index (χ1n) is 10.4. The molecule has 8 nitrogen and oxygen atoms in total. The van der Waals surface area contributed by atoms with Crippen molar-refractivity contribution in [1.29, 1.82) is 0 Å². The molecule has 0 aliphatic heterocycles. The van der Waals surface area contributed by atoms with Crippen molar-refractivity contribution in [1.82, 2.24) is 19.5 Å². The van der Waals surface area contributed by atoms with Crippen LogP contribution in [0.15, 0.2) is 53.5 Å². The zero-order chi connectivity index (χ0) is 25.9. The molecule has 0 unspecified atom stereocenters. The van der Waals surface area contributed by atoms with Gasteiger partial charge in [0.2, 0.25) is 0 Å². The number of halogens is 3. The van der Waals surface area contributed by atoms with Gasteiger partial charge in [-0.2, -0.15) is 13.2 Å². The Morgan fingerprint density at radius 1 is 1.06 bits per heavy atom. The van der Waals surface area contributed by atoms with Crippen LogP contribution in [0.2, 0.25) is 0 Å². The Hall–Kier alpha value is -4.12. The second-order valence-electron chi connectivity index (χ2n) is 7.51. The number of nitrogens with two attached hydrogens (primary N) is 1. The summed E-state index contributed by atoms with van der Waals surface area (Å²) in [5, 5.41) is 2.59. The summed E-state index contributed by atoms with van der Waals surface area (Å²) in [5.41, 5.74) is 5.53. The number of nitrogens with one attached hydrogen (secondary N) is 1. The summed E-state index contributed by atoms with van der Waals surface area (Å²) in [6.07, 6.45) is -3.04. The number of aryl methyl sites for hydroxylation is 3. The summed E-state index contributed by atoms with van der Waals surface area (Å²) < 4.78 is 40.3. The zero-order valence-electron chi connectivity index (χ0n) is 19.4. The minimum atomic E-state index is -4.56. The molecule has 0 aliphatic rings. The first kappa shape index (κ1) is 25.5. The van der Waals surface area contributed by atoms with Crippen LogP contribution in [0.1, 0.15) is 27.3 Å². The van der Waals surface area contributed by atoms with Crippen LogP contribution >= 0.6 is 0 Å². The first-order valence-corrected chi connectivity index (χ1v) is 10.4. The van der Waals surface area contributed by atoms with Gasteiger partial charge in [0, 0.05) is 23.9 Å². The van der Waals surface area contributed by atoms with Crippen molar-refractivity contribution < 1.29 is 18.0 Å². The molecule has 0 saturated carbocycles. The number of anilines is 1. The smallest absolute Gasteiger partial charge is 0.333 e. The lowest BCUT2D eigenvalue weighted by atomic mass is 10.0. The third kappa shape index (κ3) is 5.35. The summed E-state index contributed by atoms with van der Waals surface area (Å²) in [5.74, 6) is -0.207. The molecule has 4 rings (SSSR count). The van der Waals surface area contributed by atoms with Gasteiger partial charge in [0.1, 0.15) is 17.0 Å². The van der Waals surface area contributed by atoms with Gasteiger partial charge in [0.25, 0.3) is 11.5 Å². The molecular weight excluding hydrogens is 461 g/mol. The maximum absolute atomic E-state index is 13.0. The molecule has 0 bridgehead atoms. The van der Waals surface area contributed by atoms with Crippen LogP contribution in [0.3, 0.4) is 0 Å². The Bertz CT molecular complexity index is 1460. The molecule has 2 aromatic heterocycles. The van der Waals surface area contributed by atoms with E-state index in [2.05, 4.69) is 26.0 Å². The summed E-state index contributed by atoms with van der Waals surface area (Å²) in [6, 6.07) is 9.00. The van der Waals surface area contributed by atoms with E-state index in [0.717, 1.165) is 17.7 Å².